The summed E-state index contributed by atoms with van der Waals surface area (Å²) >= 11 is 0. The van der Waals surface area contributed by atoms with Gasteiger partial charge in [-0.1, -0.05) is 42.0 Å². The molecule has 0 aromatic heterocycles. The Bertz CT molecular complexity index is 942. The van der Waals surface area contributed by atoms with Crippen molar-refractivity contribution in [2.45, 2.75) is 51.5 Å². The van der Waals surface area contributed by atoms with Crippen LogP contribution >= 0.6 is 0 Å². The van der Waals surface area contributed by atoms with Crippen LogP contribution in [0.1, 0.15) is 48.1 Å². The van der Waals surface area contributed by atoms with E-state index in [4.69, 9.17) is 0 Å². The summed E-state index contributed by atoms with van der Waals surface area (Å²) in [6.45, 7) is 4.61. The van der Waals surface area contributed by atoms with Gasteiger partial charge in [-0.3, -0.25) is 4.79 Å². The van der Waals surface area contributed by atoms with E-state index in [2.05, 4.69) is 5.32 Å². The summed E-state index contributed by atoms with van der Waals surface area (Å²) < 4.78 is 38.3. The van der Waals surface area contributed by atoms with Crippen molar-refractivity contribution in [3.8, 4) is 0 Å². The van der Waals surface area contributed by atoms with Gasteiger partial charge in [0, 0.05) is 20.1 Å². The molecule has 2 aromatic rings. The van der Waals surface area contributed by atoms with E-state index in [0.29, 0.717) is 25.1 Å². The van der Waals surface area contributed by atoms with Gasteiger partial charge in [0.05, 0.1) is 11.6 Å². The number of nitrogens with one attached hydrogen (secondary N) is 1. The van der Waals surface area contributed by atoms with Crippen molar-refractivity contribution in [1.29, 1.82) is 0 Å². The van der Waals surface area contributed by atoms with E-state index in [9.17, 15) is 22.8 Å². The van der Waals surface area contributed by atoms with Crippen LogP contribution in [0.4, 0.5) is 18.0 Å². The molecule has 0 aliphatic carbocycles. The number of hydrogen-bond acceptors (Lipinski definition) is 2. The fraction of sp³-hybridized carbons (Fsp3) is 0.417. The summed E-state index contributed by atoms with van der Waals surface area (Å²) in [7, 11) is 1.72. The predicted octanol–water partition coefficient (Wildman–Crippen LogP) is 4.91. The molecule has 1 aliphatic rings. The zero-order valence-electron chi connectivity index (χ0n) is 18.4. The molecule has 1 heterocycles. The number of likely N-dealkylation sites (tertiary alicyclic amines) is 1. The predicted molar refractivity (Wildman–Crippen MR) is 116 cm³/mol. The lowest BCUT2D eigenvalue weighted by Crippen LogP contribution is -2.50. The van der Waals surface area contributed by atoms with Gasteiger partial charge in [0.2, 0.25) is 5.91 Å². The lowest BCUT2D eigenvalue weighted by Gasteiger charge is -2.29. The van der Waals surface area contributed by atoms with Crippen molar-refractivity contribution in [1.82, 2.24) is 15.1 Å². The van der Waals surface area contributed by atoms with Crippen LogP contribution in [0.5, 0.6) is 0 Å². The van der Waals surface area contributed by atoms with Gasteiger partial charge < -0.3 is 15.1 Å². The highest BCUT2D eigenvalue weighted by molar-refractivity contribution is 5.87. The van der Waals surface area contributed by atoms with Crippen LogP contribution in [-0.2, 0) is 17.5 Å². The Labute approximate surface area is 186 Å². The van der Waals surface area contributed by atoms with Crippen molar-refractivity contribution in [3.05, 3.63) is 70.8 Å². The van der Waals surface area contributed by atoms with Crippen LogP contribution in [0.25, 0.3) is 0 Å². The number of urea groups is 1. The lowest BCUT2D eigenvalue weighted by molar-refractivity contribution is -0.137. The maximum Gasteiger partial charge on any atom is 0.416 e. The van der Waals surface area contributed by atoms with Crippen molar-refractivity contribution in [3.63, 3.8) is 0 Å². The fourth-order valence-corrected chi connectivity index (χ4v) is 3.88. The van der Waals surface area contributed by atoms with E-state index in [-0.39, 0.29) is 5.91 Å². The number of aryl methyl sites for hydroxylation is 1. The highest BCUT2D eigenvalue weighted by atomic mass is 19.4. The van der Waals surface area contributed by atoms with E-state index in [0.717, 1.165) is 29.7 Å². The first-order valence-electron chi connectivity index (χ1n) is 10.6. The van der Waals surface area contributed by atoms with E-state index < -0.39 is 29.9 Å². The van der Waals surface area contributed by atoms with Gasteiger partial charge >= 0.3 is 12.2 Å². The Morgan fingerprint density at radius 1 is 1.12 bits per heavy atom. The standard InChI is InChI=1S/C24H28F3N3O2/c1-16-6-8-18(9-7-16)15-29(3)22(31)21-5-4-14-30(21)23(32)28-17(2)19-10-12-20(13-11-19)24(25,26)27/h6-13,17,21H,4-5,14-15H2,1-3H3,(H,28,32). The second-order valence-electron chi connectivity index (χ2n) is 8.32. The average Bonchev–Trinajstić information content (AvgIpc) is 3.24. The number of carbonyl (C=O) groups is 2. The molecule has 1 aliphatic heterocycles. The third kappa shape index (κ3) is 5.60. The Morgan fingerprint density at radius 2 is 1.75 bits per heavy atom. The summed E-state index contributed by atoms with van der Waals surface area (Å²) in [6, 6.07) is 11.2. The summed E-state index contributed by atoms with van der Waals surface area (Å²) in [5.41, 5.74) is 1.98. The SMILES string of the molecule is Cc1ccc(CN(C)C(=O)C2CCCN2C(=O)NC(C)c2ccc(C(F)(F)F)cc2)cc1. The number of hydrogen-bond donors (Lipinski definition) is 1. The highest BCUT2D eigenvalue weighted by Crippen LogP contribution is 2.30. The number of halogens is 3. The Morgan fingerprint density at radius 3 is 2.34 bits per heavy atom. The molecular formula is C24H28F3N3O2. The molecule has 0 spiro atoms. The molecule has 2 aromatic carbocycles. The van der Waals surface area contributed by atoms with Gasteiger partial charge in [0.25, 0.3) is 0 Å². The molecule has 0 bridgehead atoms. The van der Waals surface area contributed by atoms with Crippen LogP contribution in [-0.4, -0.2) is 41.4 Å². The van der Waals surface area contributed by atoms with Crippen LogP contribution in [0.2, 0.25) is 0 Å². The minimum atomic E-state index is -4.40. The van der Waals surface area contributed by atoms with Gasteiger partial charge in [0.1, 0.15) is 6.04 Å². The average molecular weight is 448 g/mol. The largest absolute Gasteiger partial charge is 0.416 e. The van der Waals surface area contributed by atoms with E-state index in [1.807, 2.05) is 31.2 Å². The Hall–Kier alpha value is -3.03. The van der Waals surface area contributed by atoms with E-state index >= 15 is 0 Å². The second kappa shape index (κ2) is 9.63. The minimum Gasteiger partial charge on any atom is -0.340 e. The van der Waals surface area contributed by atoms with Crippen LogP contribution in [0.15, 0.2) is 48.5 Å². The molecule has 2 atom stereocenters. The van der Waals surface area contributed by atoms with Gasteiger partial charge in [-0.15, -0.1) is 0 Å². The molecule has 8 heteroatoms. The molecule has 2 unspecified atom stereocenters. The topological polar surface area (TPSA) is 52.7 Å². The second-order valence-corrected chi connectivity index (χ2v) is 8.32. The third-order valence-electron chi connectivity index (χ3n) is 5.79. The zero-order valence-corrected chi connectivity index (χ0v) is 18.4. The van der Waals surface area contributed by atoms with Crippen molar-refractivity contribution in [2.75, 3.05) is 13.6 Å². The lowest BCUT2D eigenvalue weighted by atomic mass is 10.1. The number of nitrogens with zero attached hydrogens (tertiary/aromatic N) is 2. The van der Waals surface area contributed by atoms with Crippen LogP contribution in [0, 0.1) is 6.92 Å². The molecular weight excluding hydrogens is 419 g/mol. The van der Waals surface area contributed by atoms with Crippen molar-refractivity contribution >= 4 is 11.9 Å². The van der Waals surface area contributed by atoms with Gasteiger partial charge in [0.15, 0.2) is 0 Å². The number of benzene rings is 2. The Kier molecular flexibility index (Phi) is 7.11. The molecule has 172 valence electrons. The summed E-state index contributed by atoms with van der Waals surface area (Å²) in [4.78, 5) is 29.0. The smallest absolute Gasteiger partial charge is 0.340 e. The highest BCUT2D eigenvalue weighted by Gasteiger charge is 2.36. The van der Waals surface area contributed by atoms with Gasteiger partial charge in [-0.05, 0) is 49.9 Å². The first-order chi connectivity index (χ1) is 15.1. The molecule has 1 N–H and O–H groups in total. The van der Waals surface area contributed by atoms with Gasteiger partial charge in [-0.2, -0.15) is 13.2 Å². The number of amides is 3. The Balaban J connectivity index is 1.61. The van der Waals surface area contributed by atoms with Gasteiger partial charge in [-0.25, -0.2) is 4.79 Å². The monoisotopic (exact) mass is 447 g/mol. The van der Waals surface area contributed by atoms with Crippen LogP contribution < -0.4 is 5.32 Å². The first kappa shape index (κ1) is 23.6. The molecule has 0 saturated carbocycles. The zero-order chi connectivity index (χ0) is 23.5. The summed E-state index contributed by atoms with van der Waals surface area (Å²) in [5, 5.41) is 2.81. The third-order valence-corrected chi connectivity index (χ3v) is 5.79. The maximum absolute atomic E-state index is 13.0. The minimum absolute atomic E-state index is 0.125. The molecule has 3 rings (SSSR count). The van der Waals surface area contributed by atoms with E-state index in [1.54, 1.807) is 18.9 Å². The normalized spacial score (nSPS) is 17.2. The first-order valence-corrected chi connectivity index (χ1v) is 10.6. The van der Waals surface area contributed by atoms with Crippen molar-refractivity contribution in [2.24, 2.45) is 0 Å². The fourth-order valence-electron chi connectivity index (χ4n) is 3.88. The molecule has 1 fully saturated rings. The number of likely N-dealkylation sites (N-methyl/N-ethyl adjacent to an activating group) is 1. The number of carbonyl (C=O) groups excluding carboxylic acids is 2. The summed E-state index contributed by atoms with van der Waals surface area (Å²) in [6.07, 6.45) is -3.10. The molecule has 1 saturated heterocycles. The summed E-state index contributed by atoms with van der Waals surface area (Å²) in [5.74, 6) is -0.125. The van der Waals surface area contributed by atoms with E-state index in [1.165, 1.54) is 17.0 Å². The molecule has 3 amide bonds. The maximum atomic E-state index is 13.0. The molecule has 5 nitrogen and oxygen atoms in total. The number of alkyl halides is 3. The molecule has 32 heavy (non-hydrogen) atoms. The number of rotatable bonds is 5. The quantitative estimate of drug-likeness (QED) is 0.708. The molecule has 0 radical (unpaired) electrons. The van der Waals surface area contributed by atoms with Crippen LogP contribution in [0.3, 0.4) is 0 Å². The van der Waals surface area contributed by atoms with Crippen molar-refractivity contribution < 1.29 is 22.8 Å².